The van der Waals surface area contributed by atoms with Crippen LogP contribution in [0.3, 0.4) is 0 Å². The number of hydrogen-bond donors (Lipinski definition) is 1. The van der Waals surface area contributed by atoms with Gasteiger partial charge >= 0.3 is 0 Å². The zero-order valence-electron chi connectivity index (χ0n) is 16.5. The van der Waals surface area contributed by atoms with Gasteiger partial charge in [0.05, 0.1) is 21.6 Å². The molecular formula is C20H30ClN3O3S. The molecule has 2 saturated heterocycles. The lowest BCUT2D eigenvalue weighted by molar-refractivity contribution is -0.120. The maximum Gasteiger partial charge on any atom is 0.243 e. The van der Waals surface area contributed by atoms with Crippen molar-refractivity contribution in [1.29, 1.82) is 0 Å². The van der Waals surface area contributed by atoms with Gasteiger partial charge in [0.1, 0.15) is 0 Å². The van der Waals surface area contributed by atoms with Gasteiger partial charge in [0.2, 0.25) is 15.9 Å². The van der Waals surface area contributed by atoms with Crippen molar-refractivity contribution >= 4 is 33.2 Å². The summed E-state index contributed by atoms with van der Waals surface area (Å²) >= 11 is 6.26. The fraction of sp³-hybridized carbons (Fsp3) is 0.650. The molecule has 2 fully saturated rings. The fourth-order valence-electron chi connectivity index (χ4n) is 3.90. The summed E-state index contributed by atoms with van der Waals surface area (Å²) in [5.74, 6) is -0.156. The largest absolute Gasteiger partial charge is 0.323 e. The van der Waals surface area contributed by atoms with E-state index >= 15 is 0 Å². The molecule has 0 bridgehead atoms. The van der Waals surface area contributed by atoms with E-state index < -0.39 is 10.0 Å². The summed E-state index contributed by atoms with van der Waals surface area (Å²) in [5.41, 5.74) is 0.353. The smallest absolute Gasteiger partial charge is 0.243 e. The van der Waals surface area contributed by atoms with Crippen LogP contribution in [-0.4, -0.2) is 55.8 Å². The molecule has 0 saturated carbocycles. The first kappa shape index (κ1) is 21.6. The summed E-state index contributed by atoms with van der Waals surface area (Å²) in [6.07, 6.45) is 7.42. The van der Waals surface area contributed by atoms with Gasteiger partial charge in [-0.15, -0.1) is 0 Å². The third-order valence-corrected chi connectivity index (χ3v) is 7.94. The molecule has 156 valence electrons. The van der Waals surface area contributed by atoms with Crippen LogP contribution in [0.2, 0.25) is 5.02 Å². The molecule has 2 heterocycles. The van der Waals surface area contributed by atoms with Crippen molar-refractivity contribution in [2.75, 3.05) is 31.5 Å². The van der Waals surface area contributed by atoms with Crippen LogP contribution in [0.4, 0.5) is 5.69 Å². The van der Waals surface area contributed by atoms with Crippen LogP contribution >= 0.6 is 11.6 Å². The number of benzene rings is 1. The number of hydrogen-bond acceptors (Lipinski definition) is 4. The Labute approximate surface area is 173 Å². The molecule has 0 unspecified atom stereocenters. The van der Waals surface area contributed by atoms with Gasteiger partial charge in [-0.1, -0.05) is 30.9 Å². The molecule has 1 N–H and O–H groups in total. The van der Waals surface area contributed by atoms with Crippen LogP contribution in [0.1, 0.15) is 51.9 Å². The lowest BCUT2D eigenvalue weighted by Gasteiger charge is -2.27. The van der Waals surface area contributed by atoms with Crippen molar-refractivity contribution in [2.24, 2.45) is 0 Å². The molecule has 8 heteroatoms. The molecule has 2 aliphatic heterocycles. The minimum absolute atomic E-state index is 0.156. The summed E-state index contributed by atoms with van der Waals surface area (Å²) in [6.45, 7) is 4.79. The predicted molar refractivity (Wildman–Crippen MR) is 112 cm³/mol. The van der Waals surface area contributed by atoms with Crippen molar-refractivity contribution in [2.45, 2.75) is 62.8 Å². The third-order valence-electron chi connectivity index (χ3n) is 5.72. The predicted octanol–water partition coefficient (Wildman–Crippen LogP) is 3.72. The van der Waals surface area contributed by atoms with E-state index in [0.29, 0.717) is 23.8 Å². The molecule has 3 rings (SSSR count). The van der Waals surface area contributed by atoms with E-state index in [9.17, 15) is 13.2 Å². The van der Waals surface area contributed by atoms with Crippen LogP contribution in [0.25, 0.3) is 0 Å². The highest BCUT2D eigenvalue weighted by Crippen LogP contribution is 2.28. The van der Waals surface area contributed by atoms with Gasteiger partial charge in [-0.05, 0) is 63.9 Å². The quantitative estimate of drug-likeness (QED) is 0.777. The van der Waals surface area contributed by atoms with Gasteiger partial charge < -0.3 is 5.32 Å². The summed E-state index contributed by atoms with van der Waals surface area (Å²) in [4.78, 5) is 15.1. The van der Waals surface area contributed by atoms with E-state index in [1.807, 2.05) is 6.92 Å². The highest BCUT2D eigenvalue weighted by molar-refractivity contribution is 7.89. The van der Waals surface area contributed by atoms with Gasteiger partial charge in [-0.25, -0.2) is 8.42 Å². The monoisotopic (exact) mass is 427 g/mol. The second kappa shape index (κ2) is 9.57. The number of carbonyl (C=O) groups excluding carboxylic acids is 1. The molecule has 0 spiro atoms. The van der Waals surface area contributed by atoms with Gasteiger partial charge in [0.15, 0.2) is 0 Å². The van der Waals surface area contributed by atoms with E-state index in [2.05, 4.69) is 10.2 Å². The first-order chi connectivity index (χ1) is 13.4. The number of likely N-dealkylation sites (tertiary alicyclic amines) is 1. The van der Waals surface area contributed by atoms with Gasteiger partial charge in [0, 0.05) is 13.1 Å². The Balaban J connectivity index is 1.74. The summed E-state index contributed by atoms with van der Waals surface area (Å²) < 4.78 is 27.4. The molecule has 28 heavy (non-hydrogen) atoms. The molecule has 0 aromatic heterocycles. The number of nitrogens with one attached hydrogen (secondary N) is 1. The number of piperidine rings is 1. The lowest BCUT2D eigenvalue weighted by atomic mass is 10.2. The van der Waals surface area contributed by atoms with Crippen LogP contribution < -0.4 is 5.32 Å². The molecule has 0 radical (unpaired) electrons. The second-order valence-corrected chi connectivity index (χ2v) is 10.1. The molecule has 2 aliphatic rings. The number of anilines is 1. The highest BCUT2D eigenvalue weighted by Gasteiger charge is 2.27. The minimum atomic E-state index is -3.57. The van der Waals surface area contributed by atoms with Crippen molar-refractivity contribution in [3.8, 4) is 0 Å². The summed E-state index contributed by atoms with van der Waals surface area (Å²) in [6, 6.07) is 4.26. The standard InChI is InChI=1S/C20H30ClN3O3S/c1-16(23-11-5-2-3-6-12-23)20(25)22-19-15-17(9-10-18(19)21)28(26,27)24-13-7-4-8-14-24/h9-10,15-16H,2-8,11-14H2,1H3,(H,22,25)/t16-/m1/s1. The van der Waals surface area contributed by atoms with Gasteiger partial charge in [0.25, 0.3) is 0 Å². The van der Waals surface area contributed by atoms with E-state index in [1.165, 1.54) is 29.3 Å². The first-order valence-corrected chi connectivity index (χ1v) is 12.1. The number of nitrogens with zero attached hydrogens (tertiary/aromatic N) is 2. The lowest BCUT2D eigenvalue weighted by Crippen LogP contribution is -2.42. The third kappa shape index (κ3) is 5.06. The normalized spacial score (nSPS) is 21.1. The Hall–Kier alpha value is -1.15. The number of halogens is 1. The number of carbonyl (C=O) groups is 1. The van der Waals surface area contributed by atoms with Crippen molar-refractivity contribution in [3.63, 3.8) is 0 Å². The van der Waals surface area contributed by atoms with E-state index in [0.717, 1.165) is 45.2 Å². The Kier molecular flexibility index (Phi) is 7.36. The highest BCUT2D eigenvalue weighted by atomic mass is 35.5. The molecule has 1 atom stereocenters. The van der Waals surface area contributed by atoms with E-state index in [-0.39, 0.29) is 16.8 Å². The Morgan fingerprint density at radius 3 is 2.21 bits per heavy atom. The van der Waals surface area contributed by atoms with Crippen molar-refractivity contribution in [3.05, 3.63) is 23.2 Å². The van der Waals surface area contributed by atoms with Crippen LogP contribution in [0.5, 0.6) is 0 Å². The molecule has 6 nitrogen and oxygen atoms in total. The van der Waals surface area contributed by atoms with E-state index in [4.69, 9.17) is 11.6 Å². The summed E-state index contributed by atoms with van der Waals surface area (Å²) in [5, 5.41) is 3.19. The fourth-order valence-corrected chi connectivity index (χ4v) is 5.61. The average molecular weight is 428 g/mol. The average Bonchev–Trinajstić information content (AvgIpc) is 2.99. The first-order valence-electron chi connectivity index (χ1n) is 10.2. The zero-order valence-corrected chi connectivity index (χ0v) is 18.1. The van der Waals surface area contributed by atoms with Crippen LogP contribution in [0.15, 0.2) is 23.1 Å². The SMILES string of the molecule is C[C@H](C(=O)Nc1cc(S(=O)(=O)N2CCCCC2)ccc1Cl)N1CCCCCC1. The molecule has 1 aromatic carbocycles. The van der Waals surface area contributed by atoms with Crippen molar-refractivity contribution < 1.29 is 13.2 Å². The Bertz CT molecular complexity index is 786. The van der Waals surface area contributed by atoms with Crippen LogP contribution in [-0.2, 0) is 14.8 Å². The maximum atomic E-state index is 12.9. The van der Waals surface area contributed by atoms with Gasteiger partial charge in [-0.3, -0.25) is 9.69 Å². The maximum absolute atomic E-state index is 12.9. The Morgan fingerprint density at radius 2 is 1.57 bits per heavy atom. The number of rotatable bonds is 5. The number of sulfonamides is 1. The molecular weight excluding hydrogens is 398 g/mol. The molecule has 1 aromatic rings. The van der Waals surface area contributed by atoms with E-state index in [1.54, 1.807) is 6.07 Å². The topological polar surface area (TPSA) is 69.7 Å². The summed E-state index contributed by atoms with van der Waals surface area (Å²) in [7, 11) is -3.57. The van der Waals surface area contributed by atoms with Crippen molar-refractivity contribution in [1.82, 2.24) is 9.21 Å². The van der Waals surface area contributed by atoms with Gasteiger partial charge in [-0.2, -0.15) is 4.31 Å². The number of amides is 1. The van der Waals surface area contributed by atoms with Crippen LogP contribution in [0, 0.1) is 0 Å². The second-order valence-electron chi connectivity index (χ2n) is 7.72. The molecule has 0 aliphatic carbocycles. The Morgan fingerprint density at radius 1 is 1.00 bits per heavy atom. The zero-order chi connectivity index (χ0) is 20.1. The molecule has 1 amide bonds. The minimum Gasteiger partial charge on any atom is -0.323 e.